The smallest absolute Gasteiger partial charge is 0.225 e. The van der Waals surface area contributed by atoms with Crippen molar-refractivity contribution in [1.82, 2.24) is 9.97 Å². The second-order valence-corrected chi connectivity index (χ2v) is 4.66. The highest BCUT2D eigenvalue weighted by atomic mass is 16.5. The molecule has 0 radical (unpaired) electrons. The average molecular weight is 265 g/mol. The normalized spacial score (nSPS) is 17.4. The lowest BCUT2D eigenvalue weighted by atomic mass is 10.00. The summed E-state index contributed by atoms with van der Waals surface area (Å²) in [6.45, 7) is 2.52. The predicted octanol–water partition coefficient (Wildman–Crippen LogP) is 0.434. The molecule has 2 heterocycles. The fourth-order valence-corrected chi connectivity index (χ4v) is 2.12. The molecule has 1 saturated heterocycles. The molecule has 0 saturated carbocycles. The molecule has 3 N–H and O–H groups in total. The Morgan fingerprint density at radius 3 is 3.00 bits per heavy atom. The van der Waals surface area contributed by atoms with E-state index < -0.39 is 0 Å². The number of nitrogens with two attached hydrogens (primary N) is 1. The number of rotatable bonds is 4. The molecule has 0 bridgehead atoms. The molecule has 0 aliphatic carbocycles. The highest BCUT2D eigenvalue weighted by Crippen LogP contribution is 2.17. The van der Waals surface area contributed by atoms with E-state index in [1.807, 2.05) is 11.9 Å². The van der Waals surface area contributed by atoms with E-state index >= 15 is 0 Å². The van der Waals surface area contributed by atoms with Crippen molar-refractivity contribution in [3.05, 3.63) is 18.0 Å². The number of amidine groups is 1. The van der Waals surface area contributed by atoms with E-state index in [2.05, 4.69) is 15.1 Å². The molecule has 1 aliphatic rings. The molecule has 0 aromatic carbocycles. The van der Waals surface area contributed by atoms with Crippen LogP contribution in [0.25, 0.3) is 0 Å². The SMILES string of the molecule is CN(CC1CCOCC1)c1nccc(/C(N)=N/O)n1. The highest BCUT2D eigenvalue weighted by molar-refractivity contribution is 5.95. The lowest BCUT2D eigenvalue weighted by Gasteiger charge is -2.27. The van der Waals surface area contributed by atoms with Gasteiger partial charge in [0, 0.05) is 33.0 Å². The van der Waals surface area contributed by atoms with Gasteiger partial charge in [-0.15, -0.1) is 0 Å². The zero-order valence-corrected chi connectivity index (χ0v) is 11.0. The summed E-state index contributed by atoms with van der Waals surface area (Å²) < 4.78 is 5.34. The van der Waals surface area contributed by atoms with Gasteiger partial charge in [0.1, 0.15) is 5.69 Å². The standard InChI is InChI=1S/C12H19N5O2/c1-17(8-9-3-6-19-7-4-9)12-14-5-2-10(15-12)11(13)16-18/h2,5,9,18H,3-4,6-8H2,1H3,(H2,13,16). The first-order valence-corrected chi connectivity index (χ1v) is 6.30. The van der Waals surface area contributed by atoms with Gasteiger partial charge in [-0.25, -0.2) is 9.97 Å². The Labute approximate surface area is 112 Å². The van der Waals surface area contributed by atoms with Crippen LogP contribution in [0, 0.1) is 5.92 Å². The summed E-state index contributed by atoms with van der Waals surface area (Å²) in [7, 11) is 1.95. The Balaban J connectivity index is 2.03. The van der Waals surface area contributed by atoms with Crippen LogP contribution in [0.4, 0.5) is 5.95 Å². The van der Waals surface area contributed by atoms with Gasteiger partial charge >= 0.3 is 0 Å². The summed E-state index contributed by atoms with van der Waals surface area (Å²) in [5, 5.41) is 11.6. The van der Waals surface area contributed by atoms with Crippen molar-refractivity contribution in [2.45, 2.75) is 12.8 Å². The maximum Gasteiger partial charge on any atom is 0.225 e. The molecule has 7 heteroatoms. The third-order valence-corrected chi connectivity index (χ3v) is 3.23. The van der Waals surface area contributed by atoms with E-state index in [9.17, 15) is 0 Å². The van der Waals surface area contributed by atoms with Gasteiger partial charge in [0.25, 0.3) is 0 Å². The fourth-order valence-electron chi connectivity index (χ4n) is 2.12. The number of hydrogen-bond donors (Lipinski definition) is 2. The first kappa shape index (κ1) is 13.5. The van der Waals surface area contributed by atoms with Crippen LogP contribution in [0.5, 0.6) is 0 Å². The van der Waals surface area contributed by atoms with Crippen molar-refractivity contribution in [3.8, 4) is 0 Å². The predicted molar refractivity (Wildman–Crippen MR) is 71.4 cm³/mol. The topological polar surface area (TPSA) is 96.9 Å². The molecule has 19 heavy (non-hydrogen) atoms. The Hall–Kier alpha value is -1.89. The Morgan fingerprint density at radius 2 is 2.32 bits per heavy atom. The molecule has 104 valence electrons. The van der Waals surface area contributed by atoms with Gasteiger partial charge in [-0.05, 0) is 24.8 Å². The van der Waals surface area contributed by atoms with Crippen molar-refractivity contribution < 1.29 is 9.94 Å². The number of nitrogens with zero attached hydrogens (tertiary/aromatic N) is 4. The second-order valence-electron chi connectivity index (χ2n) is 4.66. The fraction of sp³-hybridized carbons (Fsp3) is 0.583. The van der Waals surface area contributed by atoms with Gasteiger partial charge in [-0.2, -0.15) is 0 Å². The van der Waals surface area contributed by atoms with E-state index in [1.165, 1.54) is 0 Å². The average Bonchev–Trinajstić information content (AvgIpc) is 2.47. The Kier molecular flexibility index (Phi) is 4.51. The maximum atomic E-state index is 8.65. The molecular weight excluding hydrogens is 246 g/mol. The van der Waals surface area contributed by atoms with E-state index in [0.717, 1.165) is 32.6 Å². The van der Waals surface area contributed by atoms with E-state index in [0.29, 0.717) is 17.6 Å². The Morgan fingerprint density at radius 1 is 1.58 bits per heavy atom. The molecule has 0 unspecified atom stereocenters. The number of ether oxygens (including phenoxy) is 1. The van der Waals surface area contributed by atoms with Crippen molar-refractivity contribution in [1.29, 1.82) is 0 Å². The Bertz CT molecular complexity index is 446. The summed E-state index contributed by atoms with van der Waals surface area (Å²) >= 11 is 0. The molecule has 1 aliphatic heterocycles. The minimum absolute atomic E-state index is 0.0110. The third-order valence-electron chi connectivity index (χ3n) is 3.23. The van der Waals surface area contributed by atoms with Crippen molar-refractivity contribution >= 4 is 11.8 Å². The molecule has 0 amide bonds. The minimum Gasteiger partial charge on any atom is -0.409 e. The minimum atomic E-state index is -0.0110. The number of hydrogen-bond acceptors (Lipinski definition) is 6. The van der Waals surface area contributed by atoms with Crippen LogP contribution in [0.2, 0.25) is 0 Å². The van der Waals surface area contributed by atoms with Crippen LogP contribution in [-0.2, 0) is 4.74 Å². The lowest BCUT2D eigenvalue weighted by molar-refractivity contribution is 0.0684. The molecule has 0 atom stereocenters. The van der Waals surface area contributed by atoms with Gasteiger partial charge in [-0.3, -0.25) is 0 Å². The van der Waals surface area contributed by atoms with Gasteiger partial charge in [0.15, 0.2) is 5.84 Å². The monoisotopic (exact) mass is 265 g/mol. The lowest BCUT2D eigenvalue weighted by Crippen LogP contribution is -2.31. The molecule has 0 spiro atoms. The summed E-state index contributed by atoms with van der Waals surface area (Å²) in [4.78, 5) is 10.5. The summed E-state index contributed by atoms with van der Waals surface area (Å²) in [5.41, 5.74) is 5.94. The third kappa shape index (κ3) is 3.54. The zero-order chi connectivity index (χ0) is 13.7. The van der Waals surface area contributed by atoms with Crippen LogP contribution in [0.3, 0.4) is 0 Å². The summed E-state index contributed by atoms with van der Waals surface area (Å²) in [5.74, 6) is 1.16. The van der Waals surface area contributed by atoms with E-state index in [-0.39, 0.29) is 5.84 Å². The maximum absolute atomic E-state index is 8.65. The van der Waals surface area contributed by atoms with Crippen LogP contribution in [-0.4, -0.2) is 47.8 Å². The van der Waals surface area contributed by atoms with Crippen LogP contribution < -0.4 is 10.6 Å². The molecule has 1 fully saturated rings. The number of anilines is 1. The summed E-state index contributed by atoms with van der Waals surface area (Å²) in [6, 6.07) is 1.61. The van der Waals surface area contributed by atoms with E-state index in [1.54, 1.807) is 12.3 Å². The van der Waals surface area contributed by atoms with Crippen molar-refractivity contribution in [2.24, 2.45) is 16.8 Å². The number of oxime groups is 1. The van der Waals surface area contributed by atoms with Gasteiger partial charge in [-0.1, -0.05) is 5.16 Å². The van der Waals surface area contributed by atoms with Crippen LogP contribution in [0.1, 0.15) is 18.5 Å². The molecule has 7 nitrogen and oxygen atoms in total. The summed E-state index contributed by atoms with van der Waals surface area (Å²) in [6.07, 6.45) is 3.73. The van der Waals surface area contributed by atoms with Gasteiger partial charge < -0.3 is 20.6 Å². The largest absolute Gasteiger partial charge is 0.409 e. The molecule has 1 aromatic rings. The van der Waals surface area contributed by atoms with E-state index in [4.69, 9.17) is 15.7 Å². The van der Waals surface area contributed by atoms with Crippen molar-refractivity contribution in [3.63, 3.8) is 0 Å². The van der Waals surface area contributed by atoms with Crippen molar-refractivity contribution in [2.75, 3.05) is 31.7 Å². The van der Waals surface area contributed by atoms with Crippen LogP contribution in [0.15, 0.2) is 17.4 Å². The second kappa shape index (κ2) is 6.33. The zero-order valence-electron chi connectivity index (χ0n) is 11.0. The van der Waals surface area contributed by atoms with Gasteiger partial charge in [0.05, 0.1) is 0 Å². The molecular formula is C12H19N5O2. The van der Waals surface area contributed by atoms with Crippen LogP contribution >= 0.6 is 0 Å². The highest BCUT2D eigenvalue weighted by Gasteiger charge is 2.17. The first-order valence-electron chi connectivity index (χ1n) is 6.30. The van der Waals surface area contributed by atoms with Gasteiger partial charge in [0.2, 0.25) is 5.95 Å². The first-order chi connectivity index (χ1) is 9.20. The molecule has 1 aromatic heterocycles. The number of aromatic nitrogens is 2. The quantitative estimate of drug-likeness (QED) is 0.355. The molecule has 2 rings (SSSR count).